The van der Waals surface area contributed by atoms with Crippen LogP contribution in [0.4, 0.5) is 0 Å². The summed E-state index contributed by atoms with van der Waals surface area (Å²) in [4.78, 5) is 14.4. The molecule has 2 heterocycles. The van der Waals surface area contributed by atoms with Crippen LogP contribution in [0.1, 0.15) is 16.1 Å². The lowest BCUT2D eigenvalue weighted by Crippen LogP contribution is -2.33. The van der Waals surface area contributed by atoms with E-state index < -0.39 is 0 Å². The number of hydrogen-bond donors (Lipinski definition) is 0. The van der Waals surface area contributed by atoms with E-state index in [2.05, 4.69) is 0 Å². The maximum atomic E-state index is 12.8. The number of amides is 1. The lowest BCUT2D eigenvalue weighted by molar-refractivity contribution is 0.0666. The van der Waals surface area contributed by atoms with Gasteiger partial charge in [0.15, 0.2) is 11.5 Å². The van der Waals surface area contributed by atoms with Gasteiger partial charge in [-0.1, -0.05) is 11.6 Å². The van der Waals surface area contributed by atoms with Crippen molar-refractivity contribution in [1.82, 2.24) is 4.90 Å². The third kappa shape index (κ3) is 3.43. The first-order chi connectivity index (χ1) is 11.2. The molecule has 0 fully saturated rings. The first kappa shape index (κ1) is 15.7. The molecule has 0 saturated heterocycles. The fourth-order valence-corrected chi connectivity index (χ4v) is 2.58. The largest absolute Gasteiger partial charge is 0.467 e. The number of methoxy groups -OCH3 is 1. The molecular weight excluding hydrogens is 322 g/mol. The maximum Gasteiger partial charge on any atom is 0.254 e. The average molecular weight is 338 g/mol. The molecule has 23 heavy (non-hydrogen) atoms. The molecule has 0 N–H and O–H groups in total. The molecule has 3 rings (SSSR count). The molecule has 1 amide bonds. The molecule has 1 aromatic heterocycles. The van der Waals surface area contributed by atoms with E-state index in [-0.39, 0.29) is 12.7 Å². The Bertz CT molecular complexity index is 686. The van der Waals surface area contributed by atoms with Crippen molar-refractivity contribution < 1.29 is 23.4 Å². The highest BCUT2D eigenvalue weighted by Crippen LogP contribution is 2.40. The van der Waals surface area contributed by atoms with Crippen molar-refractivity contribution in [3.63, 3.8) is 0 Å². The van der Waals surface area contributed by atoms with Gasteiger partial charge in [0, 0.05) is 19.2 Å². The number of fused-ring (bicyclic) bond motifs is 1. The predicted octanol–water partition coefficient (Wildman–Crippen LogP) is 2.95. The second kappa shape index (κ2) is 6.93. The van der Waals surface area contributed by atoms with Gasteiger partial charge in [-0.2, -0.15) is 0 Å². The second-order valence-electron chi connectivity index (χ2n) is 4.99. The van der Waals surface area contributed by atoms with E-state index in [0.29, 0.717) is 47.5 Å². The zero-order valence-corrected chi connectivity index (χ0v) is 13.3. The van der Waals surface area contributed by atoms with Crippen molar-refractivity contribution >= 4 is 17.5 Å². The van der Waals surface area contributed by atoms with E-state index in [9.17, 15) is 4.79 Å². The van der Waals surface area contributed by atoms with Crippen molar-refractivity contribution in [3.05, 3.63) is 46.9 Å². The summed E-state index contributed by atoms with van der Waals surface area (Å²) in [7, 11) is 1.59. The van der Waals surface area contributed by atoms with Crippen LogP contribution in [-0.4, -0.2) is 37.9 Å². The summed E-state index contributed by atoms with van der Waals surface area (Å²) >= 11 is 6.15. The number of furan rings is 1. The number of rotatable bonds is 6. The highest BCUT2D eigenvalue weighted by atomic mass is 35.5. The van der Waals surface area contributed by atoms with Gasteiger partial charge in [0.1, 0.15) is 5.76 Å². The van der Waals surface area contributed by atoms with E-state index in [0.717, 1.165) is 0 Å². The summed E-state index contributed by atoms with van der Waals surface area (Å²) in [5.74, 6) is 1.46. The minimum Gasteiger partial charge on any atom is -0.467 e. The molecule has 6 nitrogen and oxygen atoms in total. The average Bonchev–Trinajstić information content (AvgIpc) is 3.22. The van der Waals surface area contributed by atoms with Gasteiger partial charge in [0.25, 0.3) is 5.91 Å². The van der Waals surface area contributed by atoms with Gasteiger partial charge in [0.2, 0.25) is 6.79 Å². The third-order valence-corrected chi connectivity index (χ3v) is 3.73. The summed E-state index contributed by atoms with van der Waals surface area (Å²) in [6.45, 7) is 1.31. The summed E-state index contributed by atoms with van der Waals surface area (Å²) < 4.78 is 21.0. The molecule has 1 aromatic carbocycles. The normalized spacial score (nSPS) is 12.4. The number of ether oxygens (including phenoxy) is 3. The van der Waals surface area contributed by atoms with Crippen LogP contribution >= 0.6 is 11.6 Å². The topological polar surface area (TPSA) is 61.1 Å². The van der Waals surface area contributed by atoms with E-state index in [4.69, 9.17) is 30.2 Å². The molecule has 0 bridgehead atoms. The lowest BCUT2D eigenvalue weighted by Gasteiger charge is -2.21. The van der Waals surface area contributed by atoms with Gasteiger partial charge >= 0.3 is 0 Å². The lowest BCUT2D eigenvalue weighted by atomic mass is 10.1. The number of hydrogen-bond acceptors (Lipinski definition) is 5. The van der Waals surface area contributed by atoms with Crippen molar-refractivity contribution in [2.24, 2.45) is 0 Å². The van der Waals surface area contributed by atoms with Crippen molar-refractivity contribution in [2.45, 2.75) is 6.54 Å². The SMILES string of the molecule is COCCN(Cc1ccco1)C(=O)c1cc(Cl)c2c(c1)OCO2. The van der Waals surface area contributed by atoms with Crippen molar-refractivity contribution in [3.8, 4) is 11.5 Å². The van der Waals surface area contributed by atoms with Gasteiger partial charge < -0.3 is 23.5 Å². The number of halogens is 1. The van der Waals surface area contributed by atoms with E-state index >= 15 is 0 Å². The van der Waals surface area contributed by atoms with Crippen molar-refractivity contribution in [1.29, 1.82) is 0 Å². The van der Waals surface area contributed by atoms with Gasteiger partial charge in [0.05, 0.1) is 24.4 Å². The molecule has 0 spiro atoms. The Labute approximate surface area is 138 Å². The molecular formula is C16H16ClNO5. The van der Waals surface area contributed by atoms with Gasteiger partial charge in [-0.3, -0.25) is 4.79 Å². The molecule has 0 aliphatic carbocycles. The summed E-state index contributed by atoms with van der Waals surface area (Å²) in [5.41, 5.74) is 0.432. The second-order valence-corrected chi connectivity index (χ2v) is 5.40. The Morgan fingerprint density at radius 3 is 3.00 bits per heavy atom. The molecule has 7 heteroatoms. The molecule has 0 saturated carbocycles. The van der Waals surface area contributed by atoms with Crippen LogP contribution in [0.15, 0.2) is 34.9 Å². The zero-order valence-electron chi connectivity index (χ0n) is 12.6. The summed E-state index contributed by atoms with van der Waals surface area (Å²) in [6, 6.07) is 6.82. The molecule has 0 unspecified atom stereocenters. The fraction of sp³-hybridized carbons (Fsp3) is 0.312. The smallest absolute Gasteiger partial charge is 0.254 e. The summed E-state index contributed by atoms with van der Waals surface area (Å²) in [5, 5.41) is 0.355. The van der Waals surface area contributed by atoms with Gasteiger partial charge in [-0.15, -0.1) is 0 Å². The van der Waals surface area contributed by atoms with E-state index in [1.807, 2.05) is 6.07 Å². The Balaban J connectivity index is 1.83. The fourth-order valence-electron chi connectivity index (χ4n) is 2.32. The van der Waals surface area contributed by atoms with Gasteiger partial charge in [-0.25, -0.2) is 0 Å². The first-order valence-electron chi connectivity index (χ1n) is 7.09. The Hall–Kier alpha value is -2.18. The Kier molecular flexibility index (Phi) is 4.73. The van der Waals surface area contributed by atoms with Crippen LogP contribution in [-0.2, 0) is 11.3 Å². The minimum atomic E-state index is -0.182. The number of nitrogens with zero attached hydrogens (tertiary/aromatic N) is 1. The van der Waals surface area contributed by atoms with Crippen LogP contribution in [0, 0.1) is 0 Å². The van der Waals surface area contributed by atoms with Crippen LogP contribution in [0.25, 0.3) is 0 Å². The number of carbonyl (C=O) groups excluding carboxylic acids is 1. The molecule has 0 atom stereocenters. The van der Waals surface area contributed by atoms with Crippen LogP contribution in [0.3, 0.4) is 0 Å². The Morgan fingerprint density at radius 2 is 2.26 bits per heavy atom. The number of benzene rings is 1. The molecule has 1 aliphatic rings. The van der Waals surface area contributed by atoms with Crippen LogP contribution < -0.4 is 9.47 Å². The molecule has 1 aliphatic heterocycles. The first-order valence-corrected chi connectivity index (χ1v) is 7.46. The molecule has 0 radical (unpaired) electrons. The van der Waals surface area contributed by atoms with Crippen LogP contribution in [0.2, 0.25) is 5.02 Å². The molecule has 122 valence electrons. The Morgan fingerprint density at radius 1 is 1.39 bits per heavy atom. The number of carbonyl (C=O) groups is 1. The maximum absolute atomic E-state index is 12.8. The van der Waals surface area contributed by atoms with E-state index in [1.54, 1.807) is 36.5 Å². The standard InChI is InChI=1S/C16H16ClNO5/c1-20-6-4-18(9-12-3-2-5-21-12)16(19)11-7-13(17)15-14(8-11)22-10-23-15/h2-3,5,7-8H,4,6,9-10H2,1H3. The third-order valence-electron chi connectivity index (χ3n) is 3.45. The quantitative estimate of drug-likeness (QED) is 0.811. The molecule has 2 aromatic rings. The highest BCUT2D eigenvalue weighted by Gasteiger charge is 2.23. The van der Waals surface area contributed by atoms with Crippen molar-refractivity contribution in [2.75, 3.05) is 27.1 Å². The van der Waals surface area contributed by atoms with Crippen LogP contribution in [0.5, 0.6) is 11.5 Å². The zero-order chi connectivity index (χ0) is 16.2. The minimum absolute atomic E-state index is 0.104. The summed E-state index contributed by atoms with van der Waals surface area (Å²) in [6.07, 6.45) is 1.58. The van der Waals surface area contributed by atoms with Gasteiger partial charge in [-0.05, 0) is 24.3 Å². The highest BCUT2D eigenvalue weighted by molar-refractivity contribution is 6.32. The monoisotopic (exact) mass is 337 g/mol. The van der Waals surface area contributed by atoms with E-state index in [1.165, 1.54) is 0 Å². The predicted molar refractivity (Wildman–Crippen MR) is 82.9 cm³/mol.